The van der Waals surface area contributed by atoms with Gasteiger partial charge in [-0.15, -0.1) is 0 Å². The lowest BCUT2D eigenvalue weighted by atomic mass is 9.98. The van der Waals surface area contributed by atoms with E-state index in [4.69, 9.17) is 0 Å². The predicted molar refractivity (Wildman–Crippen MR) is 52.0 cm³/mol. The highest BCUT2D eigenvalue weighted by molar-refractivity contribution is 6.05. The number of halogens is 2. The molecule has 0 fully saturated rings. The summed E-state index contributed by atoms with van der Waals surface area (Å²) >= 11 is 0. The maximum Gasteiger partial charge on any atom is 0.289 e. The molecule has 14 heavy (non-hydrogen) atoms. The van der Waals surface area contributed by atoms with Gasteiger partial charge in [0.1, 0.15) is 5.71 Å². The lowest BCUT2D eigenvalue weighted by molar-refractivity contribution is 0.0622. The molecule has 0 atom stereocenters. The molecule has 74 valence electrons. The molecule has 0 radical (unpaired) electrons. The van der Waals surface area contributed by atoms with Crippen molar-refractivity contribution in [3.8, 4) is 0 Å². The van der Waals surface area contributed by atoms with Crippen LogP contribution in [-0.2, 0) is 0 Å². The molecule has 1 heterocycles. The van der Waals surface area contributed by atoms with E-state index in [0.29, 0.717) is 18.5 Å². The molecule has 1 aromatic rings. The average Bonchev–Trinajstić information content (AvgIpc) is 2.18. The summed E-state index contributed by atoms with van der Waals surface area (Å²) in [6, 6.07) is 8.67. The summed E-state index contributed by atoms with van der Waals surface area (Å²) in [4.78, 5) is 3.92. The van der Waals surface area contributed by atoms with Crippen LogP contribution in [0.4, 0.5) is 8.78 Å². The Hall–Kier alpha value is -1.25. The zero-order valence-electron chi connectivity index (χ0n) is 7.71. The fourth-order valence-corrected chi connectivity index (χ4v) is 1.62. The van der Waals surface area contributed by atoms with E-state index in [1.807, 2.05) is 6.07 Å². The Balaban J connectivity index is 2.38. The van der Waals surface area contributed by atoms with E-state index in [1.54, 1.807) is 24.3 Å². The minimum absolute atomic E-state index is 0.0515. The maximum atomic E-state index is 13.4. The highest BCUT2D eigenvalue weighted by atomic mass is 19.3. The van der Waals surface area contributed by atoms with Crippen LogP contribution >= 0.6 is 0 Å². The number of hydrogen-bond acceptors (Lipinski definition) is 1. The van der Waals surface area contributed by atoms with Gasteiger partial charge in [0, 0.05) is 18.5 Å². The SMILES string of the molecule is FC1(F)CCCN=C1c1ccccc1. The zero-order valence-corrected chi connectivity index (χ0v) is 7.71. The van der Waals surface area contributed by atoms with Crippen LogP contribution in [0.15, 0.2) is 35.3 Å². The fourth-order valence-electron chi connectivity index (χ4n) is 1.62. The van der Waals surface area contributed by atoms with Crippen molar-refractivity contribution < 1.29 is 8.78 Å². The second-order valence-corrected chi connectivity index (χ2v) is 3.40. The van der Waals surface area contributed by atoms with Gasteiger partial charge in [0.15, 0.2) is 0 Å². The van der Waals surface area contributed by atoms with Gasteiger partial charge in [0.25, 0.3) is 5.92 Å². The fraction of sp³-hybridized carbons (Fsp3) is 0.364. The van der Waals surface area contributed by atoms with Crippen molar-refractivity contribution in [1.29, 1.82) is 0 Å². The van der Waals surface area contributed by atoms with Crippen LogP contribution in [0.2, 0.25) is 0 Å². The van der Waals surface area contributed by atoms with Crippen LogP contribution in [0.3, 0.4) is 0 Å². The number of rotatable bonds is 1. The van der Waals surface area contributed by atoms with Crippen molar-refractivity contribution >= 4 is 5.71 Å². The highest BCUT2D eigenvalue weighted by Gasteiger charge is 2.37. The average molecular weight is 195 g/mol. The Morgan fingerprint density at radius 3 is 2.50 bits per heavy atom. The van der Waals surface area contributed by atoms with Gasteiger partial charge in [0.2, 0.25) is 0 Å². The molecular formula is C11H11F2N. The topological polar surface area (TPSA) is 12.4 Å². The van der Waals surface area contributed by atoms with Crippen molar-refractivity contribution in [3.05, 3.63) is 35.9 Å². The van der Waals surface area contributed by atoms with Gasteiger partial charge in [-0.05, 0) is 6.42 Å². The minimum Gasteiger partial charge on any atom is -0.283 e. The van der Waals surface area contributed by atoms with E-state index < -0.39 is 5.92 Å². The monoisotopic (exact) mass is 195 g/mol. The number of aliphatic imine (C=N–C) groups is 1. The third-order valence-electron chi connectivity index (χ3n) is 2.31. The van der Waals surface area contributed by atoms with E-state index in [9.17, 15) is 8.78 Å². The Kier molecular flexibility index (Phi) is 2.32. The molecule has 2 rings (SSSR count). The first-order chi connectivity index (χ1) is 6.70. The molecule has 1 aromatic carbocycles. The van der Waals surface area contributed by atoms with Crippen molar-refractivity contribution in [3.63, 3.8) is 0 Å². The van der Waals surface area contributed by atoms with Crippen LogP contribution in [0, 0.1) is 0 Å². The van der Waals surface area contributed by atoms with Gasteiger partial charge in [0.05, 0.1) is 0 Å². The Bertz CT molecular complexity index is 344. The molecule has 0 saturated carbocycles. The summed E-state index contributed by atoms with van der Waals surface area (Å²) in [5.41, 5.74) is 0.488. The third-order valence-corrected chi connectivity index (χ3v) is 2.31. The van der Waals surface area contributed by atoms with Crippen molar-refractivity contribution in [2.45, 2.75) is 18.8 Å². The first-order valence-corrected chi connectivity index (χ1v) is 4.68. The number of hydrogen-bond donors (Lipinski definition) is 0. The number of benzene rings is 1. The third kappa shape index (κ3) is 1.67. The van der Waals surface area contributed by atoms with E-state index >= 15 is 0 Å². The molecule has 0 N–H and O–H groups in total. The van der Waals surface area contributed by atoms with Gasteiger partial charge in [-0.3, -0.25) is 4.99 Å². The van der Waals surface area contributed by atoms with E-state index in [2.05, 4.69) is 4.99 Å². The summed E-state index contributed by atoms with van der Waals surface area (Å²) in [5.74, 6) is -2.75. The molecule has 0 aliphatic carbocycles. The lowest BCUT2D eigenvalue weighted by Gasteiger charge is -2.22. The van der Waals surface area contributed by atoms with Crippen LogP contribution in [-0.4, -0.2) is 18.2 Å². The molecular weight excluding hydrogens is 184 g/mol. The Labute approximate surface area is 81.5 Å². The van der Waals surface area contributed by atoms with Crippen molar-refractivity contribution in [1.82, 2.24) is 0 Å². The second-order valence-electron chi connectivity index (χ2n) is 3.40. The zero-order chi connectivity index (χ0) is 10.0. The molecule has 1 aliphatic rings. The molecule has 0 aromatic heterocycles. The normalized spacial score (nSPS) is 20.3. The molecule has 0 saturated heterocycles. The van der Waals surface area contributed by atoms with Gasteiger partial charge >= 0.3 is 0 Å². The molecule has 1 aliphatic heterocycles. The van der Waals surface area contributed by atoms with Gasteiger partial charge in [-0.1, -0.05) is 30.3 Å². The lowest BCUT2D eigenvalue weighted by Crippen LogP contribution is -2.33. The quantitative estimate of drug-likeness (QED) is 0.653. The second kappa shape index (κ2) is 3.48. The molecule has 0 spiro atoms. The van der Waals surface area contributed by atoms with Crippen LogP contribution < -0.4 is 0 Å². The van der Waals surface area contributed by atoms with E-state index in [1.165, 1.54) is 0 Å². The summed E-state index contributed by atoms with van der Waals surface area (Å²) in [6.45, 7) is 0.514. The Morgan fingerprint density at radius 2 is 1.86 bits per heavy atom. The summed E-state index contributed by atoms with van der Waals surface area (Å²) in [7, 11) is 0. The molecule has 0 unspecified atom stereocenters. The van der Waals surface area contributed by atoms with Crippen molar-refractivity contribution in [2.75, 3.05) is 6.54 Å². The first-order valence-electron chi connectivity index (χ1n) is 4.68. The van der Waals surface area contributed by atoms with Crippen LogP contribution in [0.1, 0.15) is 18.4 Å². The van der Waals surface area contributed by atoms with Gasteiger partial charge in [-0.2, -0.15) is 8.78 Å². The highest BCUT2D eigenvalue weighted by Crippen LogP contribution is 2.29. The largest absolute Gasteiger partial charge is 0.289 e. The molecule has 0 bridgehead atoms. The summed E-state index contributed by atoms with van der Waals surface area (Å²) in [6.07, 6.45) is 0.393. The van der Waals surface area contributed by atoms with Crippen LogP contribution in [0.5, 0.6) is 0 Å². The van der Waals surface area contributed by atoms with E-state index in [0.717, 1.165) is 0 Å². The summed E-state index contributed by atoms with van der Waals surface area (Å²) in [5, 5.41) is 0. The van der Waals surface area contributed by atoms with Crippen LogP contribution in [0.25, 0.3) is 0 Å². The smallest absolute Gasteiger partial charge is 0.283 e. The predicted octanol–water partition coefficient (Wildman–Crippen LogP) is 2.90. The number of alkyl halides is 2. The minimum atomic E-state index is -2.75. The van der Waals surface area contributed by atoms with E-state index in [-0.39, 0.29) is 12.1 Å². The Morgan fingerprint density at radius 1 is 1.14 bits per heavy atom. The molecule has 0 amide bonds. The molecule has 3 heteroatoms. The standard InChI is InChI=1S/C11H11F2N/c12-11(13)7-4-8-14-10(11)9-5-2-1-3-6-9/h1-3,5-6H,4,7-8H2. The van der Waals surface area contributed by atoms with Crippen molar-refractivity contribution in [2.24, 2.45) is 4.99 Å². The summed E-state index contributed by atoms with van der Waals surface area (Å²) < 4.78 is 26.8. The maximum absolute atomic E-state index is 13.4. The number of nitrogens with zero attached hydrogens (tertiary/aromatic N) is 1. The van der Waals surface area contributed by atoms with Gasteiger partial charge < -0.3 is 0 Å². The van der Waals surface area contributed by atoms with Gasteiger partial charge in [-0.25, -0.2) is 0 Å². The first kappa shape index (κ1) is 9.31. The molecule has 1 nitrogen and oxygen atoms in total.